The van der Waals surface area contributed by atoms with Crippen LogP contribution in [0.1, 0.15) is 25.8 Å². The number of aliphatic carboxylic acids is 1. The maximum atomic E-state index is 12.6. The van der Waals surface area contributed by atoms with E-state index in [2.05, 4.69) is 0 Å². The van der Waals surface area contributed by atoms with Gasteiger partial charge in [-0.05, 0) is 23.6 Å². The van der Waals surface area contributed by atoms with Crippen molar-refractivity contribution in [2.24, 2.45) is 5.92 Å². The highest BCUT2D eigenvalue weighted by Gasteiger charge is 2.19. The van der Waals surface area contributed by atoms with Gasteiger partial charge in [-0.2, -0.15) is 0 Å². The van der Waals surface area contributed by atoms with Crippen LogP contribution in [-0.4, -0.2) is 56.3 Å². The van der Waals surface area contributed by atoms with E-state index in [1.54, 1.807) is 17.0 Å². The van der Waals surface area contributed by atoms with Crippen molar-refractivity contribution in [2.75, 3.05) is 34.4 Å². The van der Waals surface area contributed by atoms with Crippen LogP contribution in [0, 0.1) is 5.92 Å². The smallest absolute Gasteiger partial charge is 0.305 e. The Hall–Kier alpha value is -2.44. The zero-order chi connectivity index (χ0) is 19.0. The minimum atomic E-state index is -0.922. The summed E-state index contributed by atoms with van der Waals surface area (Å²) in [7, 11) is 4.54. The van der Waals surface area contributed by atoms with Gasteiger partial charge in [-0.25, -0.2) is 0 Å². The molecule has 1 aromatic carbocycles. The quantitative estimate of drug-likeness (QED) is 0.694. The molecule has 1 amide bonds. The van der Waals surface area contributed by atoms with Crippen LogP contribution >= 0.6 is 0 Å². The number of rotatable bonds is 10. The largest absolute Gasteiger partial charge is 0.493 e. The van der Waals surface area contributed by atoms with Crippen molar-refractivity contribution in [2.45, 2.75) is 26.7 Å². The third kappa shape index (κ3) is 6.17. The molecule has 0 aliphatic heterocycles. The van der Waals surface area contributed by atoms with E-state index in [4.69, 9.17) is 19.3 Å². The van der Waals surface area contributed by atoms with Gasteiger partial charge in [0.2, 0.25) is 11.7 Å². The highest BCUT2D eigenvalue weighted by atomic mass is 16.5. The topological polar surface area (TPSA) is 85.3 Å². The molecule has 1 aromatic rings. The monoisotopic (exact) mass is 353 g/mol. The molecule has 7 heteroatoms. The highest BCUT2D eigenvalue weighted by molar-refractivity contribution is 5.80. The van der Waals surface area contributed by atoms with Crippen molar-refractivity contribution in [3.05, 3.63) is 17.7 Å². The average molecular weight is 353 g/mol. The van der Waals surface area contributed by atoms with Gasteiger partial charge in [-0.3, -0.25) is 9.59 Å². The Morgan fingerprint density at radius 2 is 1.64 bits per heavy atom. The van der Waals surface area contributed by atoms with Crippen molar-refractivity contribution < 1.29 is 28.9 Å². The number of amides is 1. The summed E-state index contributed by atoms with van der Waals surface area (Å²) < 4.78 is 15.9. The molecule has 1 rings (SSSR count). The van der Waals surface area contributed by atoms with Crippen molar-refractivity contribution in [3.63, 3.8) is 0 Å². The van der Waals surface area contributed by atoms with Crippen LogP contribution in [0.25, 0.3) is 0 Å². The van der Waals surface area contributed by atoms with Gasteiger partial charge in [-0.1, -0.05) is 13.8 Å². The fraction of sp³-hybridized carbons (Fsp3) is 0.556. The van der Waals surface area contributed by atoms with Crippen molar-refractivity contribution >= 4 is 11.9 Å². The van der Waals surface area contributed by atoms with Crippen LogP contribution < -0.4 is 14.2 Å². The van der Waals surface area contributed by atoms with Gasteiger partial charge in [0.1, 0.15) is 0 Å². The lowest BCUT2D eigenvalue weighted by Gasteiger charge is -2.24. The zero-order valence-corrected chi connectivity index (χ0v) is 15.5. The molecule has 25 heavy (non-hydrogen) atoms. The standard InChI is InChI=1S/C18H27NO6/c1-12(2)11-19(7-6-17(21)22)16(20)10-13-8-14(23-3)18(25-5)15(9-13)24-4/h8-9,12H,6-7,10-11H2,1-5H3,(H,21,22). The van der Waals surface area contributed by atoms with Gasteiger partial charge in [0.15, 0.2) is 11.5 Å². The Balaban J connectivity index is 3.00. The summed E-state index contributed by atoms with van der Waals surface area (Å²) in [5.74, 6) is 0.610. The maximum absolute atomic E-state index is 12.6. The summed E-state index contributed by atoms with van der Waals surface area (Å²) in [6, 6.07) is 3.45. The zero-order valence-electron chi connectivity index (χ0n) is 15.5. The number of hydrogen-bond donors (Lipinski definition) is 1. The van der Waals surface area contributed by atoms with Crippen LogP contribution in [0.5, 0.6) is 17.2 Å². The Morgan fingerprint density at radius 3 is 2.04 bits per heavy atom. The molecule has 0 spiro atoms. The van der Waals surface area contributed by atoms with Crippen LogP contribution in [0.4, 0.5) is 0 Å². The molecule has 0 fully saturated rings. The molecular weight excluding hydrogens is 326 g/mol. The Labute approximate surface area is 148 Å². The van der Waals surface area contributed by atoms with Crippen LogP contribution in [0.15, 0.2) is 12.1 Å². The normalized spacial score (nSPS) is 10.5. The number of carboxylic acids is 1. The van der Waals surface area contributed by atoms with Gasteiger partial charge in [0.05, 0.1) is 34.2 Å². The number of hydrogen-bond acceptors (Lipinski definition) is 5. The van der Waals surface area contributed by atoms with E-state index in [1.807, 2.05) is 13.8 Å². The highest BCUT2D eigenvalue weighted by Crippen LogP contribution is 2.38. The molecule has 0 aliphatic carbocycles. The first kappa shape index (κ1) is 20.6. The van der Waals surface area contributed by atoms with Gasteiger partial charge in [-0.15, -0.1) is 0 Å². The van der Waals surface area contributed by atoms with Crippen molar-refractivity contribution in [1.82, 2.24) is 4.90 Å². The number of carbonyl (C=O) groups is 2. The third-order valence-electron chi connectivity index (χ3n) is 3.61. The van der Waals surface area contributed by atoms with Crippen molar-refractivity contribution in [1.29, 1.82) is 0 Å². The van der Waals surface area contributed by atoms with E-state index in [9.17, 15) is 9.59 Å². The van der Waals surface area contributed by atoms with Crippen LogP contribution in [-0.2, 0) is 16.0 Å². The number of carboxylic acid groups (broad SMARTS) is 1. The molecule has 140 valence electrons. The predicted molar refractivity (Wildman–Crippen MR) is 93.5 cm³/mol. The van der Waals surface area contributed by atoms with Gasteiger partial charge < -0.3 is 24.2 Å². The Kier molecular flexibility index (Phi) is 8.04. The molecule has 0 aliphatic rings. The molecule has 0 aromatic heterocycles. The predicted octanol–water partition coefficient (Wildman–Crippen LogP) is 2.21. The van der Waals surface area contributed by atoms with Crippen molar-refractivity contribution in [3.8, 4) is 17.2 Å². The Bertz CT molecular complexity index is 574. The average Bonchev–Trinajstić information content (AvgIpc) is 2.56. The fourth-order valence-electron chi connectivity index (χ4n) is 2.51. The van der Waals surface area contributed by atoms with E-state index < -0.39 is 5.97 Å². The molecular formula is C18H27NO6. The Morgan fingerprint density at radius 1 is 1.08 bits per heavy atom. The first-order valence-corrected chi connectivity index (χ1v) is 8.10. The SMILES string of the molecule is COc1cc(CC(=O)N(CCC(=O)O)CC(C)C)cc(OC)c1OC. The summed E-state index contributed by atoms with van der Waals surface area (Å²) in [4.78, 5) is 25.0. The lowest BCUT2D eigenvalue weighted by Crippen LogP contribution is -2.37. The second-order valence-electron chi connectivity index (χ2n) is 6.09. The lowest BCUT2D eigenvalue weighted by molar-refractivity contribution is -0.138. The van der Waals surface area contributed by atoms with E-state index in [1.165, 1.54) is 21.3 Å². The first-order valence-electron chi connectivity index (χ1n) is 8.10. The summed E-state index contributed by atoms with van der Waals surface area (Å²) in [6.07, 6.45) is 0.0523. The number of carbonyl (C=O) groups excluding carboxylic acids is 1. The molecule has 0 atom stereocenters. The molecule has 0 saturated heterocycles. The second-order valence-corrected chi connectivity index (χ2v) is 6.09. The van der Waals surface area contributed by atoms with Gasteiger partial charge in [0.25, 0.3) is 0 Å². The molecule has 1 N–H and O–H groups in total. The molecule has 0 radical (unpaired) electrons. The van der Waals surface area contributed by atoms with E-state index in [0.717, 1.165) is 0 Å². The van der Waals surface area contributed by atoms with Crippen LogP contribution in [0.3, 0.4) is 0 Å². The summed E-state index contributed by atoms with van der Waals surface area (Å²) in [6.45, 7) is 4.67. The minimum Gasteiger partial charge on any atom is -0.493 e. The molecule has 0 saturated carbocycles. The number of methoxy groups -OCH3 is 3. The number of ether oxygens (including phenoxy) is 3. The van der Waals surface area contributed by atoms with Gasteiger partial charge >= 0.3 is 5.97 Å². The summed E-state index contributed by atoms with van der Waals surface area (Å²) >= 11 is 0. The maximum Gasteiger partial charge on any atom is 0.305 e. The molecule has 0 unspecified atom stereocenters. The first-order chi connectivity index (χ1) is 11.8. The molecule has 7 nitrogen and oxygen atoms in total. The fourth-order valence-corrected chi connectivity index (χ4v) is 2.51. The van der Waals surface area contributed by atoms with E-state index in [-0.39, 0.29) is 31.2 Å². The lowest BCUT2D eigenvalue weighted by atomic mass is 10.1. The molecule has 0 bridgehead atoms. The third-order valence-corrected chi connectivity index (χ3v) is 3.61. The summed E-state index contributed by atoms with van der Waals surface area (Å²) in [5.41, 5.74) is 0.712. The van der Waals surface area contributed by atoms with Gasteiger partial charge in [0, 0.05) is 13.1 Å². The van der Waals surface area contributed by atoms with E-state index >= 15 is 0 Å². The second kappa shape index (κ2) is 9.76. The minimum absolute atomic E-state index is 0.0757. The summed E-state index contributed by atoms with van der Waals surface area (Å²) in [5, 5.41) is 8.88. The van der Waals surface area contributed by atoms with Crippen LogP contribution in [0.2, 0.25) is 0 Å². The van der Waals surface area contributed by atoms with E-state index in [0.29, 0.717) is 29.4 Å². The molecule has 0 heterocycles. The number of nitrogens with zero attached hydrogens (tertiary/aromatic N) is 1. The number of benzene rings is 1.